The summed E-state index contributed by atoms with van der Waals surface area (Å²) in [6.07, 6.45) is -1.67. The van der Waals surface area contributed by atoms with Crippen LogP contribution in [0.5, 0.6) is 0 Å². The first-order chi connectivity index (χ1) is 13.5. The number of nitrogens with zero attached hydrogens (tertiary/aromatic N) is 1. The van der Waals surface area contributed by atoms with Crippen LogP contribution in [0.25, 0.3) is 0 Å². The normalized spacial score (nSPS) is 14.4. The molecule has 0 spiro atoms. The zero-order valence-corrected chi connectivity index (χ0v) is 17.5. The molecule has 0 bridgehead atoms. The van der Waals surface area contributed by atoms with E-state index in [1.165, 1.54) is 18.2 Å². The molecule has 1 rings (SSSR count). The number of hydrogen-bond acceptors (Lipinski definition) is 7. The summed E-state index contributed by atoms with van der Waals surface area (Å²) in [6, 6.07) is 4.97. The topological polar surface area (TPSA) is 128 Å². The molecule has 2 N–H and O–H groups in total. The summed E-state index contributed by atoms with van der Waals surface area (Å²) >= 11 is 0. The second kappa shape index (κ2) is 10.8. The number of rotatable bonds is 9. The van der Waals surface area contributed by atoms with Crippen LogP contribution in [0.2, 0.25) is 0 Å². The molecule has 9 heteroatoms. The second-order valence-electron chi connectivity index (χ2n) is 7.64. The van der Waals surface area contributed by atoms with Crippen LogP contribution in [-0.4, -0.2) is 46.4 Å². The SMILES string of the molecule is CCOC(=O)C(CC)C(O)[C@H](Cc1cccc([N+](=O)[O-])c1)NC(=O)OC(C)(C)C. The van der Waals surface area contributed by atoms with Crippen LogP contribution in [0.3, 0.4) is 0 Å². The van der Waals surface area contributed by atoms with E-state index in [4.69, 9.17) is 9.47 Å². The van der Waals surface area contributed by atoms with Gasteiger partial charge in [-0.05, 0) is 46.1 Å². The van der Waals surface area contributed by atoms with Crippen molar-refractivity contribution in [3.63, 3.8) is 0 Å². The highest BCUT2D eigenvalue weighted by atomic mass is 16.6. The third-order valence-corrected chi connectivity index (χ3v) is 4.13. The lowest BCUT2D eigenvalue weighted by molar-refractivity contribution is -0.384. The van der Waals surface area contributed by atoms with Gasteiger partial charge in [0, 0.05) is 12.1 Å². The van der Waals surface area contributed by atoms with Gasteiger partial charge in [-0.2, -0.15) is 0 Å². The number of benzene rings is 1. The van der Waals surface area contributed by atoms with Gasteiger partial charge < -0.3 is 19.9 Å². The molecule has 29 heavy (non-hydrogen) atoms. The van der Waals surface area contributed by atoms with Gasteiger partial charge in [0.05, 0.1) is 29.6 Å². The van der Waals surface area contributed by atoms with E-state index in [0.29, 0.717) is 12.0 Å². The Hall–Kier alpha value is -2.68. The molecule has 1 amide bonds. The van der Waals surface area contributed by atoms with Gasteiger partial charge in [0.15, 0.2) is 0 Å². The standard InChI is InChI=1S/C20H30N2O7/c1-6-15(18(24)28-7-2)17(23)16(21-19(25)29-20(3,4)5)12-13-9-8-10-14(11-13)22(26)27/h8-11,15-17,23H,6-7,12H2,1-5H3,(H,21,25)/t15?,16-,17?/m0/s1. The van der Waals surface area contributed by atoms with Gasteiger partial charge in [-0.3, -0.25) is 14.9 Å². The molecule has 0 aliphatic carbocycles. The van der Waals surface area contributed by atoms with Crippen molar-refractivity contribution in [1.29, 1.82) is 0 Å². The number of nitro groups is 1. The van der Waals surface area contributed by atoms with E-state index in [1.807, 2.05) is 0 Å². The Balaban J connectivity index is 3.13. The van der Waals surface area contributed by atoms with Crippen molar-refractivity contribution in [2.45, 2.75) is 65.2 Å². The monoisotopic (exact) mass is 410 g/mol. The molecule has 162 valence electrons. The van der Waals surface area contributed by atoms with E-state index in [-0.39, 0.29) is 18.7 Å². The van der Waals surface area contributed by atoms with E-state index in [9.17, 15) is 24.8 Å². The van der Waals surface area contributed by atoms with E-state index in [2.05, 4.69) is 5.32 Å². The molecule has 0 fully saturated rings. The van der Waals surface area contributed by atoms with E-state index >= 15 is 0 Å². The number of amides is 1. The maximum absolute atomic E-state index is 12.3. The number of hydrogen-bond donors (Lipinski definition) is 2. The Morgan fingerprint density at radius 1 is 1.28 bits per heavy atom. The molecular formula is C20H30N2O7. The van der Waals surface area contributed by atoms with Crippen molar-refractivity contribution >= 4 is 17.7 Å². The fourth-order valence-electron chi connectivity index (χ4n) is 2.84. The summed E-state index contributed by atoms with van der Waals surface area (Å²) in [4.78, 5) is 35.0. The van der Waals surface area contributed by atoms with Crippen molar-refractivity contribution in [2.75, 3.05) is 6.61 Å². The fraction of sp³-hybridized carbons (Fsp3) is 0.600. The predicted octanol–water partition coefficient (Wildman–Crippen LogP) is 2.98. The zero-order valence-electron chi connectivity index (χ0n) is 17.5. The molecular weight excluding hydrogens is 380 g/mol. The van der Waals surface area contributed by atoms with Crippen LogP contribution in [0.1, 0.15) is 46.6 Å². The summed E-state index contributed by atoms with van der Waals surface area (Å²) in [7, 11) is 0. The number of aliphatic hydroxyl groups excluding tert-OH is 1. The van der Waals surface area contributed by atoms with Gasteiger partial charge in [0.25, 0.3) is 5.69 Å². The van der Waals surface area contributed by atoms with Gasteiger partial charge in [-0.15, -0.1) is 0 Å². The summed E-state index contributed by atoms with van der Waals surface area (Å²) in [5.74, 6) is -1.44. The Labute approximate surface area is 170 Å². The van der Waals surface area contributed by atoms with Crippen LogP contribution in [0.4, 0.5) is 10.5 Å². The predicted molar refractivity (Wildman–Crippen MR) is 106 cm³/mol. The number of ether oxygens (including phenoxy) is 2. The number of carbonyl (C=O) groups is 2. The van der Waals surface area contributed by atoms with Crippen molar-refractivity contribution < 1.29 is 29.1 Å². The average molecular weight is 410 g/mol. The summed E-state index contributed by atoms with van der Waals surface area (Å²) in [6.45, 7) is 8.65. The summed E-state index contributed by atoms with van der Waals surface area (Å²) < 4.78 is 10.3. The van der Waals surface area contributed by atoms with Crippen molar-refractivity contribution in [2.24, 2.45) is 5.92 Å². The Bertz CT molecular complexity index is 715. The van der Waals surface area contributed by atoms with Crippen LogP contribution in [-0.2, 0) is 20.7 Å². The minimum atomic E-state index is -1.27. The Morgan fingerprint density at radius 2 is 1.93 bits per heavy atom. The maximum atomic E-state index is 12.3. The van der Waals surface area contributed by atoms with Crippen LogP contribution >= 0.6 is 0 Å². The van der Waals surface area contributed by atoms with Gasteiger partial charge in [-0.1, -0.05) is 19.1 Å². The molecule has 0 radical (unpaired) electrons. The number of nitrogens with one attached hydrogen (secondary N) is 1. The molecule has 0 saturated carbocycles. The molecule has 1 aromatic rings. The Morgan fingerprint density at radius 3 is 2.45 bits per heavy atom. The molecule has 0 saturated heterocycles. The Kier molecular flexibility index (Phi) is 9.03. The van der Waals surface area contributed by atoms with Gasteiger partial charge in [0.2, 0.25) is 0 Å². The van der Waals surface area contributed by atoms with Gasteiger partial charge in [0.1, 0.15) is 5.60 Å². The van der Waals surface area contributed by atoms with E-state index < -0.39 is 40.7 Å². The number of nitro benzene ring substituents is 1. The van der Waals surface area contributed by atoms with Crippen LogP contribution in [0.15, 0.2) is 24.3 Å². The zero-order chi connectivity index (χ0) is 22.2. The second-order valence-corrected chi connectivity index (χ2v) is 7.64. The fourth-order valence-corrected chi connectivity index (χ4v) is 2.84. The lowest BCUT2D eigenvalue weighted by atomic mass is 9.90. The van der Waals surface area contributed by atoms with E-state index in [0.717, 1.165) is 0 Å². The lowest BCUT2D eigenvalue weighted by Crippen LogP contribution is -2.50. The smallest absolute Gasteiger partial charge is 0.407 e. The highest BCUT2D eigenvalue weighted by Gasteiger charge is 2.34. The average Bonchev–Trinajstić information content (AvgIpc) is 2.60. The molecule has 3 atom stereocenters. The summed E-state index contributed by atoms with van der Waals surface area (Å²) in [5, 5.41) is 24.5. The highest BCUT2D eigenvalue weighted by Crippen LogP contribution is 2.20. The van der Waals surface area contributed by atoms with Crippen molar-refractivity contribution in [3.8, 4) is 0 Å². The van der Waals surface area contributed by atoms with Gasteiger partial charge in [-0.25, -0.2) is 4.79 Å². The first kappa shape index (κ1) is 24.4. The first-order valence-corrected chi connectivity index (χ1v) is 9.56. The quantitative estimate of drug-likeness (QED) is 0.364. The minimum absolute atomic E-state index is 0.0675. The summed E-state index contributed by atoms with van der Waals surface area (Å²) in [5.41, 5.74) is -0.334. The third kappa shape index (κ3) is 8.06. The lowest BCUT2D eigenvalue weighted by Gasteiger charge is -2.30. The molecule has 0 heterocycles. The number of carbonyl (C=O) groups excluding carboxylic acids is 2. The van der Waals surface area contributed by atoms with Crippen LogP contribution < -0.4 is 5.32 Å². The molecule has 2 unspecified atom stereocenters. The number of non-ortho nitro benzene ring substituents is 1. The third-order valence-electron chi connectivity index (χ3n) is 4.13. The molecule has 9 nitrogen and oxygen atoms in total. The largest absolute Gasteiger partial charge is 0.466 e. The molecule has 0 aromatic heterocycles. The van der Waals surface area contributed by atoms with Gasteiger partial charge >= 0.3 is 12.1 Å². The molecule has 1 aromatic carbocycles. The maximum Gasteiger partial charge on any atom is 0.407 e. The molecule has 0 aliphatic heterocycles. The number of esters is 1. The minimum Gasteiger partial charge on any atom is -0.466 e. The first-order valence-electron chi connectivity index (χ1n) is 9.56. The molecule has 0 aliphatic rings. The number of aliphatic hydroxyl groups is 1. The van der Waals surface area contributed by atoms with Crippen LogP contribution in [0, 0.1) is 16.0 Å². The highest BCUT2D eigenvalue weighted by molar-refractivity contribution is 5.73. The number of alkyl carbamates (subject to hydrolysis) is 1. The van der Waals surface area contributed by atoms with Crippen molar-refractivity contribution in [1.82, 2.24) is 5.32 Å². The van der Waals surface area contributed by atoms with Crippen molar-refractivity contribution in [3.05, 3.63) is 39.9 Å². The van der Waals surface area contributed by atoms with E-state index in [1.54, 1.807) is 40.7 Å².